The van der Waals surface area contributed by atoms with Crippen LogP contribution in [0.25, 0.3) is 0 Å². The van der Waals surface area contributed by atoms with Crippen molar-refractivity contribution in [3.8, 4) is 11.5 Å². The van der Waals surface area contributed by atoms with Crippen molar-refractivity contribution in [3.63, 3.8) is 0 Å². The summed E-state index contributed by atoms with van der Waals surface area (Å²) in [5.41, 5.74) is 3.18. The van der Waals surface area contributed by atoms with Crippen LogP contribution in [0.5, 0.6) is 11.5 Å². The van der Waals surface area contributed by atoms with E-state index in [1.807, 2.05) is 6.07 Å². The Morgan fingerprint density at radius 3 is 1.94 bits per heavy atom. The molecule has 0 saturated heterocycles. The molecule has 4 fully saturated rings. The molecule has 1 N–H and O–H groups in total. The lowest BCUT2D eigenvalue weighted by Crippen LogP contribution is -2.49. The van der Waals surface area contributed by atoms with Crippen molar-refractivity contribution in [3.05, 3.63) is 58.7 Å². The largest absolute Gasteiger partial charge is 0.546 e. The summed E-state index contributed by atoms with van der Waals surface area (Å²) >= 11 is 0. The van der Waals surface area contributed by atoms with E-state index in [1.165, 1.54) is 73.9 Å². The van der Waals surface area contributed by atoms with E-state index < -0.39 is 21.0 Å². The minimum absolute atomic E-state index is 0.0649. The summed E-state index contributed by atoms with van der Waals surface area (Å²) in [6.07, 6.45) is 7.63. The number of ether oxygens (including phenoxy) is 1. The second-order valence-electron chi connectivity index (χ2n) is 12.7. The van der Waals surface area contributed by atoms with Crippen LogP contribution in [-0.4, -0.2) is 26.1 Å². The molecule has 4 aliphatic rings. The zero-order valence-corrected chi connectivity index (χ0v) is 23.3. The lowest BCUT2D eigenvalue weighted by atomic mass is 9.47. The van der Waals surface area contributed by atoms with Crippen molar-refractivity contribution >= 4 is 21.0 Å². The van der Waals surface area contributed by atoms with Gasteiger partial charge in [0, 0.05) is 11.0 Å². The van der Waals surface area contributed by atoms with Gasteiger partial charge in [-0.25, -0.2) is 9.59 Å². The van der Waals surface area contributed by atoms with Crippen LogP contribution in [0, 0.1) is 17.8 Å². The fourth-order valence-corrected chi connectivity index (χ4v) is 8.21. The molecule has 192 valence electrons. The Morgan fingerprint density at radius 2 is 1.47 bits per heavy atom. The van der Waals surface area contributed by atoms with Gasteiger partial charge < -0.3 is 14.3 Å². The van der Waals surface area contributed by atoms with Crippen molar-refractivity contribution < 1.29 is 23.9 Å². The number of carbonyl (C=O) groups excluding carboxylic acids is 1. The zero-order chi connectivity index (χ0) is 25.8. The summed E-state index contributed by atoms with van der Waals surface area (Å²) in [6, 6.07) is 9.97. The van der Waals surface area contributed by atoms with Crippen molar-refractivity contribution in [2.24, 2.45) is 17.8 Å². The first-order valence-electron chi connectivity index (χ1n) is 13.4. The molecule has 2 aromatic rings. The number of hydrogen-bond donors (Lipinski definition) is 1. The Bertz CT molecular complexity index is 1140. The first-order chi connectivity index (χ1) is 16.9. The zero-order valence-electron chi connectivity index (χ0n) is 22.1. The van der Waals surface area contributed by atoms with E-state index in [1.54, 1.807) is 0 Å². The fraction of sp³-hybridized carbons (Fsp3) is 0.533. The van der Waals surface area contributed by atoms with E-state index in [0.717, 1.165) is 23.5 Å². The third kappa shape index (κ3) is 4.60. The van der Waals surface area contributed by atoms with Crippen molar-refractivity contribution in [1.29, 1.82) is 0 Å². The van der Waals surface area contributed by atoms with Gasteiger partial charge >= 0.3 is 11.9 Å². The molecule has 6 rings (SSSR count). The van der Waals surface area contributed by atoms with E-state index in [9.17, 15) is 14.7 Å². The maximum atomic E-state index is 13.6. The van der Waals surface area contributed by atoms with E-state index in [0.29, 0.717) is 11.3 Å². The van der Waals surface area contributed by atoms with Crippen molar-refractivity contribution in [1.82, 2.24) is 0 Å². The summed E-state index contributed by atoms with van der Waals surface area (Å²) < 4.78 is 12.4. The van der Waals surface area contributed by atoms with Gasteiger partial charge in [0.15, 0.2) is 0 Å². The second-order valence-corrected chi connectivity index (χ2v) is 15.0. The summed E-state index contributed by atoms with van der Waals surface area (Å²) in [5.74, 6) is 1.94. The summed E-state index contributed by atoms with van der Waals surface area (Å²) in [5, 5.41) is 9.17. The topological polar surface area (TPSA) is 72.8 Å². The maximum Gasteiger partial charge on any atom is 0.347 e. The van der Waals surface area contributed by atoms with E-state index in [4.69, 9.17) is 9.16 Å². The second kappa shape index (κ2) is 9.05. The molecule has 4 bridgehead atoms. The molecule has 0 aliphatic heterocycles. The summed E-state index contributed by atoms with van der Waals surface area (Å²) in [7, 11) is -1.54. The molecule has 4 aliphatic carbocycles. The fourth-order valence-electron chi connectivity index (χ4n) is 7.50. The number of aromatic carboxylic acids is 1. The van der Waals surface area contributed by atoms with E-state index in [2.05, 4.69) is 39.9 Å². The van der Waals surface area contributed by atoms with Crippen LogP contribution in [-0.2, 0) is 10.8 Å². The molecule has 0 radical (unpaired) electrons. The highest BCUT2D eigenvalue weighted by molar-refractivity contribution is 6.49. The van der Waals surface area contributed by atoms with Crippen molar-refractivity contribution in [2.45, 2.75) is 83.2 Å². The molecule has 5 nitrogen and oxygen atoms in total. The number of carboxylic acid groups (broad SMARTS) is 1. The van der Waals surface area contributed by atoms with Gasteiger partial charge in [0.1, 0.15) is 17.1 Å². The van der Waals surface area contributed by atoms with Crippen LogP contribution in [0.2, 0.25) is 13.1 Å². The molecule has 2 aromatic carbocycles. The maximum absolute atomic E-state index is 13.6. The first kappa shape index (κ1) is 25.1. The van der Waals surface area contributed by atoms with Gasteiger partial charge in [-0.1, -0.05) is 26.8 Å². The average molecular weight is 507 g/mol. The predicted molar refractivity (Wildman–Crippen MR) is 143 cm³/mol. The molecule has 0 aromatic heterocycles. The number of esters is 1. The summed E-state index contributed by atoms with van der Waals surface area (Å²) in [4.78, 5) is 24.8. The molecule has 0 unspecified atom stereocenters. The molecule has 36 heavy (non-hydrogen) atoms. The minimum atomic E-state index is -1.54. The SMILES string of the molecule is C[SiH](C)Oc1c(C(=O)Oc2ccc(C(=O)O)cc2)ccc(C(C)(C)C)c1C12CC3CC(CC(C3)C1)C2. The van der Waals surface area contributed by atoms with Gasteiger partial charge in [-0.15, -0.1) is 0 Å². The number of carbonyl (C=O) groups is 2. The highest BCUT2D eigenvalue weighted by Crippen LogP contribution is 2.63. The standard InChI is InChI=1S/C30H38O5Si/c1-29(2,3)24-11-10-23(28(33)34-22-8-6-21(7-9-22)27(31)32)26(35-36(4)5)25(24)30-15-18-12-19(16-30)14-20(13-18)17-30/h6-11,18-20,36H,12-17H2,1-5H3,(H,31,32). The van der Waals surface area contributed by atoms with Crippen LogP contribution < -0.4 is 9.16 Å². The van der Waals surface area contributed by atoms with Crippen LogP contribution in [0.1, 0.15) is 91.1 Å². The Kier molecular flexibility index (Phi) is 6.30. The number of carboxylic acids is 1. The first-order valence-corrected chi connectivity index (χ1v) is 16.1. The van der Waals surface area contributed by atoms with Crippen LogP contribution in [0.4, 0.5) is 0 Å². The minimum Gasteiger partial charge on any atom is -0.546 e. The number of hydrogen-bond acceptors (Lipinski definition) is 4. The van der Waals surface area contributed by atoms with Gasteiger partial charge in [0.05, 0.1) is 5.56 Å². The van der Waals surface area contributed by atoms with Gasteiger partial charge in [0.2, 0.25) is 9.04 Å². The average Bonchev–Trinajstić information content (AvgIpc) is 2.77. The van der Waals surface area contributed by atoms with Gasteiger partial charge in [0.25, 0.3) is 0 Å². The van der Waals surface area contributed by atoms with Gasteiger partial charge in [-0.05, 0) is 111 Å². The third-order valence-corrected chi connectivity index (χ3v) is 9.13. The van der Waals surface area contributed by atoms with Crippen LogP contribution in [0.3, 0.4) is 0 Å². The lowest BCUT2D eigenvalue weighted by Gasteiger charge is -2.58. The number of rotatable bonds is 6. The quantitative estimate of drug-likeness (QED) is 0.267. The van der Waals surface area contributed by atoms with Crippen LogP contribution >= 0.6 is 0 Å². The molecular weight excluding hydrogens is 468 g/mol. The lowest BCUT2D eigenvalue weighted by molar-refractivity contribution is -0.00662. The Morgan fingerprint density at radius 1 is 0.917 bits per heavy atom. The van der Waals surface area contributed by atoms with E-state index >= 15 is 0 Å². The molecule has 0 atom stereocenters. The number of benzene rings is 2. The van der Waals surface area contributed by atoms with Gasteiger partial charge in [-0.2, -0.15) is 0 Å². The Hall–Kier alpha value is -2.60. The van der Waals surface area contributed by atoms with Crippen molar-refractivity contribution in [2.75, 3.05) is 0 Å². The molecule has 0 spiro atoms. The Balaban J connectivity index is 1.61. The molecule has 6 heteroatoms. The van der Waals surface area contributed by atoms with Gasteiger partial charge in [-0.3, -0.25) is 0 Å². The predicted octanol–water partition coefficient (Wildman–Crippen LogP) is 6.73. The monoisotopic (exact) mass is 506 g/mol. The normalized spacial score (nSPS) is 26.8. The highest BCUT2D eigenvalue weighted by Gasteiger charge is 2.54. The molecule has 0 amide bonds. The van der Waals surface area contributed by atoms with Crippen LogP contribution in [0.15, 0.2) is 36.4 Å². The van der Waals surface area contributed by atoms with E-state index in [-0.39, 0.29) is 16.4 Å². The summed E-state index contributed by atoms with van der Waals surface area (Å²) in [6.45, 7) is 11.1. The highest BCUT2D eigenvalue weighted by atomic mass is 28.3. The molecule has 0 heterocycles. The Labute approximate surface area is 215 Å². The molecule has 4 saturated carbocycles. The third-order valence-electron chi connectivity index (χ3n) is 8.42. The smallest absolute Gasteiger partial charge is 0.347 e. The molecular formula is C30H38O5Si.